The number of carbonyl (C=O) groups is 2. The van der Waals surface area contributed by atoms with Crippen LogP contribution in [0.5, 0.6) is 0 Å². The van der Waals surface area contributed by atoms with Crippen molar-refractivity contribution in [2.45, 2.75) is 55.0 Å². The first-order chi connectivity index (χ1) is 30.6. The molecule has 8 rings (SSSR count). The summed E-state index contributed by atoms with van der Waals surface area (Å²) in [5, 5.41) is 8.90. The molecule has 2 aliphatic heterocycles. The lowest BCUT2D eigenvalue weighted by atomic mass is 10.0. The van der Waals surface area contributed by atoms with Crippen LogP contribution in [0, 0.1) is 13.8 Å². The van der Waals surface area contributed by atoms with E-state index in [1.165, 1.54) is 36.7 Å². The number of nitrogen functional groups attached to an aromatic ring is 3. The first-order valence-electron chi connectivity index (χ1n) is 20.0. The minimum Gasteiger partial charge on any atom is -0.476 e. The molecule has 0 atom stereocenters. The molecule has 6 aromatic rings. The van der Waals surface area contributed by atoms with Crippen molar-refractivity contribution in [3.8, 4) is 22.5 Å². The van der Waals surface area contributed by atoms with Crippen LogP contribution in [0.25, 0.3) is 22.5 Å². The minimum absolute atomic E-state index is 0.0234. The normalized spacial score (nSPS) is 14.8. The van der Waals surface area contributed by atoms with Crippen LogP contribution in [-0.4, -0.2) is 91.1 Å². The highest BCUT2D eigenvalue weighted by Crippen LogP contribution is 2.24. The molecule has 2 aliphatic rings. The monoisotopic (exact) mass is 923 g/mol. The molecule has 0 saturated carbocycles. The van der Waals surface area contributed by atoms with Crippen molar-refractivity contribution in [3.05, 3.63) is 138 Å². The van der Waals surface area contributed by atoms with E-state index in [4.69, 9.17) is 31.8 Å². The molecule has 0 spiro atoms. The number of sulfonamides is 2. The summed E-state index contributed by atoms with van der Waals surface area (Å²) in [5.41, 5.74) is 21.8. The molecule has 340 valence electrons. The maximum Gasteiger partial charge on any atom is 0.358 e. The van der Waals surface area contributed by atoms with Crippen LogP contribution >= 0.6 is 0 Å². The van der Waals surface area contributed by atoms with Gasteiger partial charge in [-0.3, -0.25) is 4.79 Å². The number of nitrogens with one attached hydrogen (secondary N) is 2. The van der Waals surface area contributed by atoms with Gasteiger partial charge in [0.25, 0.3) is 0 Å². The number of rotatable bonds is 12. The van der Waals surface area contributed by atoms with Crippen molar-refractivity contribution >= 4 is 49.1 Å². The number of carboxylic acid groups (broad SMARTS) is 1. The quantitative estimate of drug-likeness (QED) is 0.0722. The van der Waals surface area contributed by atoms with Crippen molar-refractivity contribution in [2.24, 2.45) is 0 Å². The van der Waals surface area contributed by atoms with E-state index in [1.54, 1.807) is 31.2 Å². The Morgan fingerprint density at radius 2 is 1.00 bits per heavy atom. The van der Waals surface area contributed by atoms with Gasteiger partial charge in [0, 0.05) is 23.2 Å². The van der Waals surface area contributed by atoms with E-state index in [0.29, 0.717) is 49.1 Å². The summed E-state index contributed by atoms with van der Waals surface area (Å²) in [6.45, 7) is 9.04. The first kappa shape index (κ1) is 47.8. The van der Waals surface area contributed by atoms with Crippen LogP contribution in [0.3, 0.4) is 0 Å². The largest absolute Gasteiger partial charge is 0.476 e. The van der Waals surface area contributed by atoms with Crippen LogP contribution in [0.4, 0.5) is 17.3 Å². The lowest BCUT2D eigenvalue weighted by Gasteiger charge is -2.38. The molecule has 0 amide bonds. The fraction of sp³-hybridized carbons (Fsp3) is 0.244. The van der Waals surface area contributed by atoms with Gasteiger partial charge in [-0.05, 0) is 69.7 Å². The minimum atomic E-state index is -3.68. The molecule has 20 heteroatoms. The second-order valence-corrected chi connectivity index (χ2v) is 19.5. The molecule has 0 aliphatic carbocycles. The van der Waals surface area contributed by atoms with Gasteiger partial charge in [0.2, 0.25) is 20.0 Å². The molecule has 4 heterocycles. The van der Waals surface area contributed by atoms with E-state index in [-0.39, 0.29) is 45.0 Å². The predicted octanol–water partition coefficient (Wildman–Crippen LogP) is 4.60. The SMILES string of the molecule is CC1(NS(=O)(=O)c2ccc(N)cc2)COC1.Cc1ccc(-c2cnc(N)c(C(=O)Cc3ccc(S(=O)(=O)NC4(C)COC4)cc3)n2)cc1.Cc1ccc(-c2cnc(N)c(C(=O)O)n2)cc1. The van der Waals surface area contributed by atoms with E-state index in [2.05, 4.69) is 29.4 Å². The summed E-state index contributed by atoms with van der Waals surface area (Å²) in [7, 11) is -7.16. The highest BCUT2D eigenvalue weighted by molar-refractivity contribution is 7.89. The predicted molar refractivity (Wildman–Crippen MR) is 245 cm³/mol. The second-order valence-electron chi connectivity index (χ2n) is 16.1. The van der Waals surface area contributed by atoms with Gasteiger partial charge in [0.05, 0.1) is 71.1 Å². The van der Waals surface area contributed by atoms with Crippen molar-refractivity contribution < 1.29 is 41.0 Å². The van der Waals surface area contributed by atoms with Crippen LogP contribution in [0.2, 0.25) is 0 Å². The van der Waals surface area contributed by atoms with E-state index < -0.39 is 37.1 Å². The average molecular weight is 924 g/mol. The highest BCUT2D eigenvalue weighted by Gasteiger charge is 2.38. The third-order valence-corrected chi connectivity index (χ3v) is 13.3. The summed E-state index contributed by atoms with van der Waals surface area (Å²) in [4.78, 5) is 40.5. The number of nitrogens with zero attached hydrogens (tertiary/aromatic N) is 4. The van der Waals surface area contributed by atoms with E-state index in [1.807, 2.05) is 69.3 Å². The number of carboxylic acids is 1. The Bertz CT molecular complexity index is 2890. The molecule has 2 saturated heterocycles. The summed E-state index contributed by atoms with van der Waals surface area (Å²) >= 11 is 0. The number of carbonyl (C=O) groups excluding carboxylic acids is 1. The highest BCUT2D eigenvalue weighted by atomic mass is 32.2. The van der Waals surface area contributed by atoms with Crippen molar-refractivity contribution in [3.63, 3.8) is 0 Å². The second kappa shape index (κ2) is 19.6. The van der Waals surface area contributed by atoms with Gasteiger partial charge in [-0.1, -0.05) is 71.8 Å². The number of ketones is 1. The van der Waals surface area contributed by atoms with Crippen molar-refractivity contribution in [1.29, 1.82) is 0 Å². The molecular formula is C45H49N9O9S2. The number of aryl methyl sites for hydroxylation is 2. The van der Waals surface area contributed by atoms with Crippen LogP contribution in [0.15, 0.2) is 119 Å². The molecular weight excluding hydrogens is 875 g/mol. The van der Waals surface area contributed by atoms with E-state index >= 15 is 0 Å². The first-order valence-corrected chi connectivity index (χ1v) is 22.9. The molecule has 0 unspecified atom stereocenters. The fourth-order valence-electron chi connectivity index (χ4n) is 6.29. The molecule has 2 fully saturated rings. The smallest absolute Gasteiger partial charge is 0.358 e. The molecule has 2 aromatic heterocycles. The van der Waals surface area contributed by atoms with Gasteiger partial charge in [0.15, 0.2) is 23.1 Å². The molecule has 0 bridgehead atoms. The zero-order chi connectivity index (χ0) is 47.2. The lowest BCUT2D eigenvalue weighted by Crippen LogP contribution is -2.59. The Kier molecular flexibility index (Phi) is 14.4. The molecule has 4 aromatic carbocycles. The van der Waals surface area contributed by atoms with Gasteiger partial charge in [0.1, 0.15) is 5.69 Å². The molecule has 65 heavy (non-hydrogen) atoms. The number of benzene rings is 4. The van der Waals surface area contributed by atoms with Gasteiger partial charge in [-0.2, -0.15) is 0 Å². The Morgan fingerprint density at radius 1 is 0.615 bits per heavy atom. The van der Waals surface area contributed by atoms with Gasteiger partial charge in [-0.25, -0.2) is 51.0 Å². The topological polar surface area (TPSA) is 295 Å². The van der Waals surface area contributed by atoms with Crippen LogP contribution in [-0.2, 0) is 35.9 Å². The third kappa shape index (κ3) is 12.3. The number of Topliss-reactive ketones (excluding diaryl/α,β-unsaturated/α-hetero) is 1. The van der Waals surface area contributed by atoms with Gasteiger partial charge < -0.3 is 31.8 Å². The molecule has 0 radical (unpaired) electrons. The third-order valence-electron chi connectivity index (χ3n) is 10.00. The average Bonchev–Trinajstić information content (AvgIpc) is 3.24. The van der Waals surface area contributed by atoms with E-state index in [9.17, 15) is 26.4 Å². The zero-order valence-electron chi connectivity index (χ0n) is 36.0. The lowest BCUT2D eigenvalue weighted by molar-refractivity contribution is -0.0523. The number of ether oxygens (including phenoxy) is 2. The summed E-state index contributed by atoms with van der Waals surface area (Å²) in [6.07, 6.45) is 3.03. The van der Waals surface area contributed by atoms with Crippen LogP contribution < -0.4 is 26.6 Å². The Labute approximate surface area is 376 Å². The van der Waals surface area contributed by atoms with Crippen molar-refractivity contribution in [2.75, 3.05) is 43.6 Å². The summed E-state index contributed by atoms with van der Waals surface area (Å²) < 4.78 is 64.4. The fourth-order valence-corrected chi connectivity index (χ4v) is 9.05. The zero-order valence-corrected chi connectivity index (χ0v) is 37.6. The number of hydrogen-bond donors (Lipinski definition) is 6. The molecule has 9 N–H and O–H groups in total. The summed E-state index contributed by atoms with van der Waals surface area (Å²) in [5.74, 6) is -1.49. The Morgan fingerprint density at radius 3 is 1.38 bits per heavy atom. The number of anilines is 3. The van der Waals surface area contributed by atoms with Crippen molar-refractivity contribution in [1.82, 2.24) is 29.4 Å². The van der Waals surface area contributed by atoms with Gasteiger partial charge >= 0.3 is 5.97 Å². The van der Waals surface area contributed by atoms with Gasteiger partial charge in [-0.15, -0.1) is 0 Å². The van der Waals surface area contributed by atoms with Crippen LogP contribution in [0.1, 0.15) is 51.5 Å². The maximum absolute atomic E-state index is 12.9. The Balaban J connectivity index is 0.000000178. The standard InChI is InChI=1S/C23H24N4O4S.C12H11N3O2.C10H14N2O3S/c1-15-3-7-17(8-4-15)19-12-25-22(24)21(26-19)20(28)11-16-5-9-18(10-6-16)32(29,30)27-23(2)13-31-14-23;1-7-2-4-8(5-3-7)9-6-14-11(13)10(15-9)12(16)17;1-10(6-15-7-10)12-16(13,14)9-4-2-8(11)3-5-9/h3-10,12,27H,11,13-14H2,1-2H3,(H2,24,25);2-6H,1H3,(H2,13,14)(H,16,17);2-5,12H,6-7,11H2,1H3. The summed E-state index contributed by atoms with van der Waals surface area (Å²) in [6, 6.07) is 27.6. The number of aromatic carboxylic acids is 1. The number of nitrogens with two attached hydrogens (primary N) is 3. The number of aromatic nitrogens is 4. The molecule has 18 nitrogen and oxygen atoms in total. The van der Waals surface area contributed by atoms with E-state index in [0.717, 1.165) is 22.3 Å². The Hall–Kier alpha value is -6.68. The number of hydrogen-bond acceptors (Lipinski definition) is 15. The maximum atomic E-state index is 12.9.